The summed E-state index contributed by atoms with van der Waals surface area (Å²) in [5.74, 6) is 0.0400. The van der Waals surface area contributed by atoms with Gasteiger partial charge in [-0.05, 0) is 37.5 Å². The van der Waals surface area contributed by atoms with Gasteiger partial charge in [-0.15, -0.1) is 0 Å². The highest BCUT2D eigenvalue weighted by molar-refractivity contribution is 6.30. The van der Waals surface area contributed by atoms with Gasteiger partial charge in [0.2, 0.25) is 5.91 Å². The van der Waals surface area contributed by atoms with Gasteiger partial charge < -0.3 is 11.1 Å². The van der Waals surface area contributed by atoms with Crippen molar-refractivity contribution >= 4 is 17.5 Å². The zero-order chi connectivity index (χ0) is 13.8. The lowest BCUT2D eigenvalue weighted by molar-refractivity contribution is -0.127. The topological polar surface area (TPSA) is 55.1 Å². The second-order valence-electron chi connectivity index (χ2n) is 5.34. The van der Waals surface area contributed by atoms with Crippen molar-refractivity contribution < 1.29 is 4.79 Å². The maximum absolute atomic E-state index is 12.2. The van der Waals surface area contributed by atoms with Crippen LogP contribution in [0.1, 0.15) is 44.2 Å². The minimum atomic E-state index is -0.0384. The molecule has 1 aromatic carbocycles. The van der Waals surface area contributed by atoms with E-state index >= 15 is 0 Å². The van der Waals surface area contributed by atoms with Crippen molar-refractivity contribution in [1.29, 1.82) is 0 Å². The van der Waals surface area contributed by atoms with E-state index < -0.39 is 0 Å². The molecule has 3 nitrogen and oxygen atoms in total. The van der Waals surface area contributed by atoms with Crippen molar-refractivity contribution in [2.75, 3.05) is 0 Å². The van der Waals surface area contributed by atoms with Gasteiger partial charge >= 0.3 is 0 Å². The lowest BCUT2D eigenvalue weighted by Crippen LogP contribution is -2.44. The molecule has 0 aliphatic heterocycles. The molecule has 0 saturated heterocycles. The third-order valence-electron chi connectivity index (χ3n) is 3.88. The third-order valence-corrected chi connectivity index (χ3v) is 4.14. The van der Waals surface area contributed by atoms with E-state index in [0.29, 0.717) is 5.02 Å². The maximum atomic E-state index is 12.2. The number of carbonyl (C=O) groups excluding carboxylic acids is 1. The highest BCUT2D eigenvalue weighted by Gasteiger charge is 2.28. The average Bonchev–Trinajstić information content (AvgIpc) is 2.39. The van der Waals surface area contributed by atoms with Gasteiger partial charge in [-0.3, -0.25) is 4.79 Å². The van der Waals surface area contributed by atoms with Crippen molar-refractivity contribution in [3.63, 3.8) is 0 Å². The molecular weight excluding hydrogens is 260 g/mol. The predicted octanol–water partition coefficient (Wildman–Crippen LogP) is 3.03. The van der Waals surface area contributed by atoms with Gasteiger partial charge in [-0.2, -0.15) is 0 Å². The molecule has 3 atom stereocenters. The summed E-state index contributed by atoms with van der Waals surface area (Å²) in [5.41, 5.74) is 7.09. The fourth-order valence-corrected chi connectivity index (χ4v) is 2.77. The SMILES string of the molecule is C[C@H](NC(=O)C1CCCCC1N)c1ccc(Cl)cc1. The Labute approximate surface area is 119 Å². The summed E-state index contributed by atoms with van der Waals surface area (Å²) in [4.78, 5) is 12.2. The van der Waals surface area contributed by atoms with Crippen molar-refractivity contribution in [2.45, 2.75) is 44.7 Å². The van der Waals surface area contributed by atoms with E-state index in [4.69, 9.17) is 17.3 Å². The Kier molecular flexibility index (Phi) is 4.83. The van der Waals surface area contributed by atoms with Crippen LogP contribution >= 0.6 is 11.6 Å². The Morgan fingerprint density at radius 3 is 2.58 bits per heavy atom. The molecule has 2 unspecified atom stereocenters. The van der Waals surface area contributed by atoms with Crippen LogP contribution in [0.25, 0.3) is 0 Å². The number of hydrogen-bond acceptors (Lipinski definition) is 2. The highest BCUT2D eigenvalue weighted by Crippen LogP contribution is 2.24. The highest BCUT2D eigenvalue weighted by atomic mass is 35.5. The number of benzene rings is 1. The molecule has 4 heteroatoms. The number of nitrogens with one attached hydrogen (secondary N) is 1. The molecule has 0 spiro atoms. The largest absolute Gasteiger partial charge is 0.349 e. The number of hydrogen-bond donors (Lipinski definition) is 2. The Morgan fingerprint density at radius 1 is 1.32 bits per heavy atom. The smallest absolute Gasteiger partial charge is 0.225 e. The lowest BCUT2D eigenvalue weighted by atomic mass is 9.84. The molecule has 19 heavy (non-hydrogen) atoms. The molecule has 1 saturated carbocycles. The second kappa shape index (κ2) is 6.40. The molecule has 1 aromatic rings. The predicted molar refractivity (Wildman–Crippen MR) is 77.9 cm³/mol. The summed E-state index contributed by atoms with van der Waals surface area (Å²) < 4.78 is 0. The van der Waals surface area contributed by atoms with Crippen LogP contribution in [0.2, 0.25) is 5.02 Å². The minimum absolute atomic E-state index is 0.00571. The van der Waals surface area contributed by atoms with Crippen LogP contribution < -0.4 is 11.1 Å². The summed E-state index contributed by atoms with van der Waals surface area (Å²) in [6.45, 7) is 1.98. The number of nitrogens with two attached hydrogens (primary N) is 1. The molecule has 0 bridgehead atoms. The second-order valence-corrected chi connectivity index (χ2v) is 5.77. The van der Waals surface area contributed by atoms with Crippen molar-refractivity contribution in [2.24, 2.45) is 11.7 Å². The summed E-state index contributed by atoms with van der Waals surface area (Å²) in [7, 11) is 0. The van der Waals surface area contributed by atoms with E-state index in [-0.39, 0.29) is 23.9 Å². The molecule has 0 heterocycles. The molecule has 3 N–H and O–H groups in total. The van der Waals surface area contributed by atoms with Gasteiger partial charge in [-0.1, -0.05) is 36.6 Å². The fraction of sp³-hybridized carbons (Fsp3) is 0.533. The standard InChI is InChI=1S/C15H21ClN2O/c1-10(11-6-8-12(16)9-7-11)18-15(19)13-4-2-3-5-14(13)17/h6-10,13-14H,2-5,17H2,1H3,(H,18,19)/t10-,13?,14?/m0/s1. The zero-order valence-corrected chi connectivity index (χ0v) is 12.0. The number of amides is 1. The molecule has 2 rings (SSSR count). The van der Waals surface area contributed by atoms with Gasteiger partial charge in [0, 0.05) is 11.1 Å². The summed E-state index contributed by atoms with van der Waals surface area (Å²) in [6.07, 6.45) is 4.09. The van der Waals surface area contributed by atoms with Gasteiger partial charge in [-0.25, -0.2) is 0 Å². The van der Waals surface area contributed by atoms with Crippen LogP contribution in [0.4, 0.5) is 0 Å². The number of rotatable bonds is 3. The van der Waals surface area contributed by atoms with E-state index in [1.165, 1.54) is 0 Å². The van der Waals surface area contributed by atoms with Crippen molar-refractivity contribution in [3.8, 4) is 0 Å². The van der Waals surface area contributed by atoms with Crippen LogP contribution in [0.5, 0.6) is 0 Å². The molecular formula is C15H21ClN2O. The number of carbonyl (C=O) groups is 1. The normalized spacial score (nSPS) is 24.8. The van der Waals surface area contributed by atoms with Gasteiger partial charge in [0.05, 0.1) is 12.0 Å². The van der Waals surface area contributed by atoms with Crippen molar-refractivity contribution in [1.82, 2.24) is 5.32 Å². The first kappa shape index (κ1) is 14.4. The monoisotopic (exact) mass is 280 g/mol. The Morgan fingerprint density at radius 2 is 1.95 bits per heavy atom. The Hall–Kier alpha value is -1.06. The van der Waals surface area contributed by atoms with Crippen LogP contribution in [-0.2, 0) is 4.79 Å². The lowest BCUT2D eigenvalue weighted by Gasteiger charge is -2.28. The van der Waals surface area contributed by atoms with Crippen molar-refractivity contribution in [3.05, 3.63) is 34.9 Å². The first-order valence-corrected chi connectivity index (χ1v) is 7.27. The Bertz CT molecular complexity index is 432. The Balaban J connectivity index is 1.96. The average molecular weight is 281 g/mol. The van der Waals surface area contributed by atoms with E-state index in [1.54, 1.807) is 0 Å². The van der Waals surface area contributed by atoms with Gasteiger partial charge in [0.25, 0.3) is 0 Å². The van der Waals surface area contributed by atoms with E-state index in [1.807, 2.05) is 31.2 Å². The fourth-order valence-electron chi connectivity index (χ4n) is 2.64. The summed E-state index contributed by atoms with van der Waals surface area (Å²) in [6, 6.07) is 7.55. The number of halogens is 1. The first-order chi connectivity index (χ1) is 9.08. The molecule has 1 amide bonds. The van der Waals surface area contributed by atoms with Crippen LogP contribution in [0, 0.1) is 5.92 Å². The summed E-state index contributed by atoms with van der Waals surface area (Å²) >= 11 is 5.86. The maximum Gasteiger partial charge on any atom is 0.225 e. The van der Waals surface area contributed by atoms with Crippen LogP contribution in [-0.4, -0.2) is 11.9 Å². The molecule has 1 aliphatic carbocycles. The van der Waals surface area contributed by atoms with Crippen LogP contribution in [0.3, 0.4) is 0 Å². The van der Waals surface area contributed by atoms with E-state index in [2.05, 4.69) is 5.32 Å². The summed E-state index contributed by atoms with van der Waals surface area (Å²) in [5, 5.41) is 3.76. The molecule has 0 aromatic heterocycles. The van der Waals surface area contributed by atoms with E-state index in [0.717, 1.165) is 31.2 Å². The molecule has 1 aliphatic rings. The first-order valence-electron chi connectivity index (χ1n) is 6.89. The third kappa shape index (κ3) is 3.71. The molecule has 0 radical (unpaired) electrons. The van der Waals surface area contributed by atoms with E-state index in [9.17, 15) is 4.79 Å². The van der Waals surface area contributed by atoms with Gasteiger partial charge in [0.15, 0.2) is 0 Å². The van der Waals surface area contributed by atoms with Crippen LogP contribution in [0.15, 0.2) is 24.3 Å². The minimum Gasteiger partial charge on any atom is -0.349 e. The zero-order valence-electron chi connectivity index (χ0n) is 11.2. The van der Waals surface area contributed by atoms with Gasteiger partial charge in [0.1, 0.15) is 0 Å². The molecule has 104 valence electrons. The molecule has 1 fully saturated rings. The quantitative estimate of drug-likeness (QED) is 0.894.